The quantitative estimate of drug-likeness (QED) is 0.419. The Balaban J connectivity index is 5.08. The van der Waals surface area contributed by atoms with Gasteiger partial charge >= 0.3 is 0 Å². The SMILES string of the molecule is [2H]C([2H])(S)C([2H])([2H])S(=O)(=O)O. The van der Waals surface area contributed by atoms with Crippen LogP contribution in [0.1, 0.15) is 5.48 Å². The number of hydrogen-bond acceptors (Lipinski definition) is 3. The molecule has 0 aromatic rings. The van der Waals surface area contributed by atoms with E-state index in [0.29, 0.717) is 0 Å². The summed E-state index contributed by atoms with van der Waals surface area (Å²) in [6.07, 6.45) is 0. The van der Waals surface area contributed by atoms with Crippen molar-refractivity contribution in [3.8, 4) is 0 Å². The first-order valence-electron chi connectivity index (χ1n) is 3.19. The lowest BCUT2D eigenvalue weighted by atomic mass is 11.0. The van der Waals surface area contributed by atoms with Gasteiger partial charge in [-0.2, -0.15) is 21.0 Å². The third kappa shape index (κ3) is 6.26. The molecular formula is C2H6O3S2. The van der Waals surface area contributed by atoms with E-state index in [0.717, 1.165) is 0 Å². The zero-order valence-electron chi connectivity index (χ0n) is 7.12. The minimum Gasteiger partial charge on any atom is -0.286 e. The van der Waals surface area contributed by atoms with Gasteiger partial charge in [-0.3, -0.25) is 4.55 Å². The molecule has 0 rings (SSSR count). The topological polar surface area (TPSA) is 54.4 Å². The molecule has 0 radical (unpaired) electrons. The summed E-state index contributed by atoms with van der Waals surface area (Å²) in [5.41, 5.74) is -6.33. The fourth-order valence-corrected chi connectivity index (χ4v) is 0.519. The molecule has 0 aliphatic rings. The standard InChI is InChI=1S/C2H6O3S2/c3-7(4,5)2-1-6/h6H,1-2H2,(H,3,4,5)/i1D2,2D2. The number of hydrogen-bond donors (Lipinski definition) is 2. The highest BCUT2D eigenvalue weighted by molar-refractivity contribution is 7.87. The average molecular weight is 146 g/mol. The van der Waals surface area contributed by atoms with E-state index in [4.69, 9.17) is 10.0 Å². The smallest absolute Gasteiger partial charge is 0.265 e. The van der Waals surface area contributed by atoms with Crippen molar-refractivity contribution in [2.45, 2.75) is 0 Å². The largest absolute Gasteiger partial charge is 0.286 e. The molecule has 0 unspecified atom stereocenters. The van der Waals surface area contributed by atoms with E-state index in [1.165, 1.54) is 0 Å². The highest BCUT2D eigenvalue weighted by atomic mass is 32.2. The second-order valence-corrected chi connectivity index (χ2v) is 2.07. The summed E-state index contributed by atoms with van der Waals surface area (Å²) < 4.78 is 55.0. The molecular weight excluding hydrogens is 136 g/mol. The van der Waals surface area contributed by atoms with Crippen molar-refractivity contribution < 1.29 is 18.5 Å². The lowest BCUT2D eigenvalue weighted by molar-refractivity contribution is 0.485. The van der Waals surface area contributed by atoms with Gasteiger partial charge < -0.3 is 0 Å². The molecule has 0 heterocycles. The highest BCUT2D eigenvalue weighted by Crippen LogP contribution is 1.81. The lowest BCUT2D eigenvalue weighted by Gasteiger charge is -1.85. The van der Waals surface area contributed by atoms with Crippen LogP contribution < -0.4 is 0 Å². The molecule has 0 aromatic carbocycles. The minimum absolute atomic E-state index is 2.93. The van der Waals surface area contributed by atoms with E-state index in [1.54, 1.807) is 0 Å². The van der Waals surface area contributed by atoms with E-state index in [1.807, 2.05) is 0 Å². The molecule has 44 valence electrons. The van der Waals surface area contributed by atoms with Crippen LogP contribution in [0.5, 0.6) is 0 Å². The van der Waals surface area contributed by atoms with Crippen LogP contribution in [0.25, 0.3) is 0 Å². The number of rotatable bonds is 2. The van der Waals surface area contributed by atoms with Crippen molar-refractivity contribution >= 4 is 22.7 Å². The monoisotopic (exact) mass is 146 g/mol. The molecule has 3 nitrogen and oxygen atoms in total. The summed E-state index contributed by atoms with van der Waals surface area (Å²) in [6, 6.07) is 0. The van der Waals surface area contributed by atoms with Gasteiger partial charge in [0.2, 0.25) is 0 Å². The van der Waals surface area contributed by atoms with Crippen molar-refractivity contribution in [2.75, 3.05) is 11.4 Å². The second kappa shape index (κ2) is 2.54. The predicted molar refractivity (Wildman–Crippen MR) is 30.3 cm³/mol. The van der Waals surface area contributed by atoms with Crippen LogP contribution in [0.4, 0.5) is 0 Å². The lowest BCUT2D eigenvalue weighted by Crippen LogP contribution is -2.03. The summed E-state index contributed by atoms with van der Waals surface area (Å²) in [4.78, 5) is 0. The van der Waals surface area contributed by atoms with Crippen LogP contribution in [0.2, 0.25) is 0 Å². The van der Waals surface area contributed by atoms with E-state index in [-0.39, 0.29) is 0 Å². The average Bonchev–Trinajstić information content (AvgIpc) is 1.58. The van der Waals surface area contributed by atoms with Crippen LogP contribution in [-0.2, 0) is 10.1 Å². The molecule has 0 amide bonds. The normalized spacial score (nSPS) is 24.3. The first-order valence-corrected chi connectivity index (χ1v) is 3.08. The number of thiol groups is 1. The Kier molecular flexibility index (Phi) is 0.980. The van der Waals surface area contributed by atoms with Gasteiger partial charge in [0.1, 0.15) is 0 Å². The fourth-order valence-electron chi connectivity index (χ4n) is 0.0577. The molecule has 1 N–H and O–H groups in total. The fraction of sp³-hybridized carbons (Fsp3) is 1.00. The Hall–Kier alpha value is 0.260. The van der Waals surface area contributed by atoms with Crippen LogP contribution >= 0.6 is 12.6 Å². The summed E-state index contributed by atoms with van der Waals surface area (Å²) in [5, 5.41) is 0. The molecule has 0 spiro atoms. The van der Waals surface area contributed by atoms with Gasteiger partial charge in [-0.15, -0.1) is 0 Å². The second-order valence-electron chi connectivity index (χ2n) is 0.689. The van der Waals surface area contributed by atoms with Gasteiger partial charge in [0.25, 0.3) is 10.1 Å². The van der Waals surface area contributed by atoms with Gasteiger partial charge in [-0.25, -0.2) is 0 Å². The van der Waals surface area contributed by atoms with E-state index in [9.17, 15) is 8.42 Å². The Morgan fingerprint density at radius 1 is 1.86 bits per heavy atom. The summed E-state index contributed by atoms with van der Waals surface area (Å²) >= 11 is 3.05. The molecule has 0 saturated carbocycles. The van der Waals surface area contributed by atoms with Crippen LogP contribution in [0, 0.1) is 0 Å². The van der Waals surface area contributed by atoms with Gasteiger partial charge in [0, 0.05) is 11.2 Å². The van der Waals surface area contributed by atoms with Gasteiger partial charge in [0.15, 0.2) is 0 Å². The van der Waals surface area contributed by atoms with Crippen LogP contribution in [-0.4, -0.2) is 24.4 Å². The van der Waals surface area contributed by atoms with Crippen LogP contribution in [0.15, 0.2) is 0 Å². The molecule has 0 aromatic heterocycles. The van der Waals surface area contributed by atoms with E-state index in [2.05, 4.69) is 12.6 Å². The van der Waals surface area contributed by atoms with Crippen molar-refractivity contribution in [1.29, 1.82) is 0 Å². The molecule has 0 aliphatic carbocycles. The Morgan fingerprint density at radius 3 is 2.29 bits per heavy atom. The minimum atomic E-state index is -5.08. The predicted octanol–water partition coefficient (Wildman–Crippen LogP) is -0.196. The third-order valence-corrected chi connectivity index (χ3v) is 0.798. The maximum Gasteiger partial charge on any atom is 0.265 e. The summed E-state index contributed by atoms with van der Waals surface area (Å²) in [7, 11) is -5.08. The Bertz CT molecular complexity index is 239. The molecule has 0 aliphatic heterocycles. The highest BCUT2D eigenvalue weighted by Gasteiger charge is 1.98. The Labute approximate surface area is 53.5 Å². The van der Waals surface area contributed by atoms with Crippen molar-refractivity contribution in [3.05, 3.63) is 0 Å². The van der Waals surface area contributed by atoms with Gasteiger partial charge in [-0.05, 0) is 0 Å². The van der Waals surface area contributed by atoms with Crippen LogP contribution in [0.3, 0.4) is 0 Å². The summed E-state index contributed by atoms with van der Waals surface area (Å²) in [6.45, 7) is 0. The maximum absolute atomic E-state index is 10.2. The zero-order chi connectivity index (χ0) is 9.50. The van der Waals surface area contributed by atoms with Crippen molar-refractivity contribution in [1.82, 2.24) is 0 Å². The third-order valence-electron chi connectivity index (χ3n) is 0.175. The molecule has 0 fully saturated rings. The molecule has 5 heteroatoms. The summed E-state index contributed by atoms with van der Waals surface area (Å²) in [5.74, 6) is 0. The molecule has 0 bridgehead atoms. The van der Waals surface area contributed by atoms with E-state index < -0.39 is 21.5 Å². The van der Waals surface area contributed by atoms with Crippen molar-refractivity contribution in [3.63, 3.8) is 0 Å². The first kappa shape index (κ1) is 2.70. The van der Waals surface area contributed by atoms with Crippen molar-refractivity contribution in [2.24, 2.45) is 0 Å². The van der Waals surface area contributed by atoms with Gasteiger partial charge in [-0.1, -0.05) is 0 Å². The maximum atomic E-state index is 10.2. The van der Waals surface area contributed by atoms with E-state index >= 15 is 0 Å². The first-order chi connectivity index (χ1) is 4.50. The molecule has 0 atom stereocenters. The Morgan fingerprint density at radius 2 is 2.29 bits per heavy atom. The molecule has 0 saturated heterocycles. The molecule has 7 heavy (non-hydrogen) atoms. The zero-order valence-corrected chi connectivity index (χ0v) is 4.83. The van der Waals surface area contributed by atoms with Gasteiger partial charge in [0.05, 0.1) is 5.70 Å².